The van der Waals surface area contributed by atoms with E-state index >= 15 is 0 Å². The van der Waals surface area contributed by atoms with Crippen LogP contribution in [-0.4, -0.2) is 16.2 Å². The molecule has 0 saturated carbocycles. The van der Waals surface area contributed by atoms with E-state index in [1.807, 2.05) is 0 Å². The first-order valence-electron chi connectivity index (χ1n) is 3.46. The first kappa shape index (κ1) is 7.72. The van der Waals surface area contributed by atoms with E-state index in [9.17, 15) is 9.18 Å². The lowest BCUT2D eigenvalue weighted by atomic mass is 10.1. The topological polar surface area (TPSA) is 63.3 Å². The summed E-state index contributed by atoms with van der Waals surface area (Å²) in [6.07, 6.45) is 1.27. The average molecular weight is 181 g/mol. The Morgan fingerprint density at radius 1 is 1.54 bits per heavy atom. The number of hydrogen-bond acceptors (Lipinski definition) is 3. The van der Waals surface area contributed by atoms with E-state index in [4.69, 9.17) is 5.11 Å². The molecule has 1 heterocycles. The van der Waals surface area contributed by atoms with Crippen molar-refractivity contribution in [2.24, 2.45) is 0 Å². The second kappa shape index (κ2) is 2.55. The van der Waals surface area contributed by atoms with Crippen LogP contribution in [0.5, 0.6) is 0 Å². The van der Waals surface area contributed by atoms with Gasteiger partial charge in [0.15, 0.2) is 0 Å². The number of carbonyl (C=O) groups is 1. The largest absolute Gasteiger partial charge is 0.478 e. The van der Waals surface area contributed by atoms with E-state index in [2.05, 4.69) is 9.68 Å². The Bertz CT molecular complexity index is 477. The molecule has 0 amide bonds. The van der Waals surface area contributed by atoms with E-state index < -0.39 is 17.3 Å². The molecule has 0 spiro atoms. The van der Waals surface area contributed by atoms with Gasteiger partial charge in [0, 0.05) is 5.39 Å². The number of fused-ring (bicyclic) bond motifs is 1. The molecular weight excluding hydrogens is 177 g/mol. The second-order valence-corrected chi connectivity index (χ2v) is 2.48. The minimum Gasteiger partial charge on any atom is -0.478 e. The maximum absolute atomic E-state index is 13.0. The summed E-state index contributed by atoms with van der Waals surface area (Å²) in [4.78, 5) is 10.6. The fraction of sp³-hybridized carbons (Fsp3) is 0. The molecule has 1 aromatic carbocycles. The Morgan fingerprint density at radius 2 is 2.31 bits per heavy atom. The predicted molar refractivity (Wildman–Crippen MR) is 40.9 cm³/mol. The van der Waals surface area contributed by atoms with Gasteiger partial charge >= 0.3 is 5.97 Å². The summed E-state index contributed by atoms with van der Waals surface area (Å²) in [6.45, 7) is 0. The number of nitrogens with zero attached hydrogens (tertiary/aromatic N) is 1. The van der Waals surface area contributed by atoms with Crippen LogP contribution >= 0.6 is 0 Å². The van der Waals surface area contributed by atoms with E-state index in [1.54, 1.807) is 0 Å². The second-order valence-electron chi connectivity index (χ2n) is 2.48. The monoisotopic (exact) mass is 181 g/mol. The van der Waals surface area contributed by atoms with Gasteiger partial charge in [0.2, 0.25) is 0 Å². The van der Waals surface area contributed by atoms with Crippen molar-refractivity contribution in [1.82, 2.24) is 5.16 Å². The average Bonchev–Trinajstić information content (AvgIpc) is 2.50. The van der Waals surface area contributed by atoms with Crippen LogP contribution in [-0.2, 0) is 0 Å². The van der Waals surface area contributed by atoms with Gasteiger partial charge in [-0.2, -0.15) is 0 Å². The zero-order chi connectivity index (χ0) is 9.42. The zero-order valence-corrected chi connectivity index (χ0v) is 6.32. The fourth-order valence-corrected chi connectivity index (χ4v) is 1.12. The van der Waals surface area contributed by atoms with Crippen molar-refractivity contribution in [3.8, 4) is 0 Å². The van der Waals surface area contributed by atoms with Crippen LogP contribution in [0.1, 0.15) is 10.4 Å². The van der Waals surface area contributed by atoms with E-state index in [1.165, 1.54) is 12.3 Å². The molecule has 0 fully saturated rings. The number of rotatable bonds is 1. The molecule has 5 heteroatoms. The molecule has 0 aliphatic rings. The molecule has 0 bridgehead atoms. The Morgan fingerprint density at radius 3 is 3.00 bits per heavy atom. The molecule has 2 aromatic rings. The number of aromatic carboxylic acids is 1. The van der Waals surface area contributed by atoms with Gasteiger partial charge in [0.1, 0.15) is 23.2 Å². The summed E-state index contributed by atoms with van der Waals surface area (Å²) in [5.41, 5.74) is -0.418. The van der Waals surface area contributed by atoms with Crippen molar-refractivity contribution >= 4 is 16.9 Å². The van der Waals surface area contributed by atoms with Crippen LogP contribution in [0, 0.1) is 5.82 Å². The SMILES string of the molecule is O=C(O)c1c(F)ccc2conc12. The highest BCUT2D eigenvalue weighted by Crippen LogP contribution is 2.19. The lowest BCUT2D eigenvalue weighted by molar-refractivity contribution is 0.0693. The molecule has 2 rings (SSSR count). The lowest BCUT2D eigenvalue weighted by Crippen LogP contribution is -2.01. The highest BCUT2D eigenvalue weighted by atomic mass is 19.1. The first-order valence-corrected chi connectivity index (χ1v) is 3.46. The van der Waals surface area contributed by atoms with Gasteiger partial charge in [-0.05, 0) is 12.1 Å². The third-order valence-electron chi connectivity index (χ3n) is 1.70. The molecule has 0 atom stereocenters. The van der Waals surface area contributed by atoms with Crippen molar-refractivity contribution < 1.29 is 18.8 Å². The van der Waals surface area contributed by atoms with Gasteiger partial charge in [-0.3, -0.25) is 0 Å². The first-order chi connectivity index (χ1) is 6.20. The summed E-state index contributed by atoms with van der Waals surface area (Å²) in [7, 11) is 0. The third-order valence-corrected chi connectivity index (χ3v) is 1.70. The normalized spacial score (nSPS) is 10.5. The molecule has 0 unspecified atom stereocenters. The molecule has 0 aliphatic heterocycles. The van der Waals surface area contributed by atoms with Crippen molar-refractivity contribution in [3.05, 3.63) is 29.8 Å². The molecule has 0 radical (unpaired) electrons. The molecule has 1 aromatic heterocycles. The molecule has 0 saturated heterocycles. The number of carboxylic acid groups (broad SMARTS) is 1. The summed E-state index contributed by atoms with van der Waals surface area (Å²) >= 11 is 0. The smallest absolute Gasteiger partial charge is 0.341 e. The van der Waals surface area contributed by atoms with Crippen LogP contribution in [0.15, 0.2) is 22.9 Å². The van der Waals surface area contributed by atoms with Crippen molar-refractivity contribution in [2.75, 3.05) is 0 Å². The van der Waals surface area contributed by atoms with Gasteiger partial charge < -0.3 is 9.63 Å². The Labute approximate surface area is 71.6 Å². The maximum Gasteiger partial charge on any atom is 0.341 e. The van der Waals surface area contributed by atoms with Crippen LogP contribution in [0.2, 0.25) is 0 Å². The summed E-state index contributed by atoms with van der Waals surface area (Å²) < 4.78 is 17.5. The quantitative estimate of drug-likeness (QED) is 0.726. The Balaban J connectivity index is 2.88. The molecule has 4 nitrogen and oxygen atoms in total. The Hall–Kier alpha value is -1.91. The van der Waals surface area contributed by atoms with Gasteiger partial charge in [0.25, 0.3) is 0 Å². The van der Waals surface area contributed by atoms with Gasteiger partial charge in [-0.1, -0.05) is 5.16 Å². The Kier molecular flexibility index (Phi) is 1.51. The highest BCUT2D eigenvalue weighted by molar-refractivity contribution is 6.01. The molecule has 66 valence electrons. The molecule has 0 aliphatic carbocycles. The third kappa shape index (κ3) is 1.05. The van der Waals surface area contributed by atoms with Gasteiger partial charge in [0.05, 0.1) is 0 Å². The van der Waals surface area contributed by atoms with Crippen LogP contribution in [0.25, 0.3) is 10.9 Å². The van der Waals surface area contributed by atoms with Gasteiger partial charge in [-0.25, -0.2) is 9.18 Å². The van der Waals surface area contributed by atoms with Gasteiger partial charge in [-0.15, -0.1) is 0 Å². The lowest BCUT2D eigenvalue weighted by Gasteiger charge is -1.95. The van der Waals surface area contributed by atoms with Crippen LogP contribution < -0.4 is 0 Å². The summed E-state index contributed by atoms with van der Waals surface area (Å²) in [5.74, 6) is -2.16. The highest BCUT2D eigenvalue weighted by Gasteiger charge is 2.16. The number of aromatic nitrogens is 1. The number of benzene rings is 1. The zero-order valence-electron chi connectivity index (χ0n) is 6.32. The van der Waals surface area contributed by atoms with E-state index in [0.29, 0.717) is 5.39 Å². The summed E-state index contributed by atoms with van der Waals surface area (Å²) in [5, 5.41) is 12.5. The fourth-order valence-electron chi connectivity index (χ4n) is 1.12. The number of hydrogen-bond donors (Lipinski definition) is 1. The maximum atomic E-state index is 13.0. The molecular formula is C8H4FNO3. The van der Waals surface area contributed by atoms with Crippen LogP contribution in [0.4, 0.5) is 4.39 Å². The van der Waals surface area contributed by atoms with E-state index in [-0.39, 0.29) is 5.52 Å². The standard InChI is InChI=1S/C8H4FNO3/c9-5-2-1-4-3-13-10-7(4)6(5)8(11)12/h1-3H,(H,11,12). The number of carboxylic acids is 1. The van der Waals surface area contributed by atoms with Crippen LogP contribution in [0.3, 0.4) is 0 Å². The van der Waals surface area contributed by atoms with Crippen molar-refractivity contribution in [1.29, 1.82) is 0 Å². The number of halogens is 1. The van der Waals surface area contributed by atoms with Crippen molar-refractivity contribution in [3.63, 3.8) is 0 Å². The van der Waals surface area contributed by atoms with Crippen molar-refractivity contribution in [2.45, 2.75) is 0 Å². The minimum atomic E-state index is -1.35. The predicted octanol–water partition coefficient (Wildman–Crippen LogP) is 1.67. The summed E-state index contributed by atoms with van der Waals surface area (Å²) in [6, 6.07) is 2.48. The minimum absolute atomic E-state index is 0.0347. The molecule has 13 heavy (non-hydrogen) atoms. The van der Waals surface area contributed by atoms with E-state index in [0.717, 1.165) is 6.07 Å². The molecule has 1 N–H and O–H groups in total.